The summed E-state index contributed by atoms with van der Waals surface area (Å²) in [6, 6.07) is 0. The van der Waals surface area contributed by atoms with Crippen LogP contribution in [0.25, 0.3) is 0 Å². The monoisotopic (exact) mass is 198 g/mol. The number of hydrogen-bond acceptors (Lipinski definition) is 2. The summed E-state index contributed by atoms with van der Waals surface area (Å²) < 4.78 is 11.5. The van der Waals surface area contributed by atoms with Crippen LogP contribution in [0.4, 0.5) is 0 Å². The lowest BCUT2D eigenvalue weighted by atomic mass is 9.72. The van der Waals surface area contributed by atoms with Gasteiger partial charge in [0, 0.05) is 18.6 Å². The molecule has 1 saturated heterocycles. The predicted octanol–water partition coefficient (Wildman–Crippen LogP) is 3.13. The molecule has 1 heterocycles. The van der Waals surface area contributed by atoms with Gasteiger partial charge in [-0.2, -0.15) is 0 Å². The molecule has 14 heavy (non-hydrogen) atoms. The SMILES string of the molecule is CCCCC1COB(C(C)C)OC1C. The second kappa shape index (κ2) is 5.77. The van der Waals surface area contributed by atoms with E-state index >= 15 is 0 Å². The van der Waals surface area contributed by atoms with Crippen LogP contribution in [0.3, 0.4) is 0 Å². The van der Waals surface area contributed by atoms with E-state index < -0.39 is 0 Å². The summed E-state index contributed by atoms with van der Waals surface area (Å²) in [7, 11) is 0.0166. The maximum absolute atomic E-state index is 5.84. The second-order valence-electron chi connectivity index (χ2n) is 4.69. The Morgan fingerprint density at radius 2 is 2.14 bits per heavy atom. The van der Waals surface area contributed by atoms with Gasteiger partial charge in [0.25, 0.3) is 0 Å². The van der Waals surface area contributed by atoms with Gasteiger partial charge < -0.3 is 9.31 Å². The highest BCUT2D eigenvalue weighted by atomic mass is 16.6. The molecule has 0 aromatic heterocycles. The molecule has 0 amide bonds. The fraction of sp³-hybridized carbons (Fsp3) is 1.00. The molecule has 0 N–H and O–H groups in total. The van der Waals surface area contributed by atoms with Gasteiger partial charge in [-0.3, -0.25) is 0 Å². The minimum absolute atomic E-state index is 0.0166. The summed E-state index contributed by atoms with van der Waals surface area (Å²) in [4.78, 5) is 0. The molecule has 0 aromatic carbocycles. The van der Waals surface area contributed by atoms with Crippen molar-refractivity contribution in [2.45, 2.75) is 58.9 Å². The van der Waals surface area contributed by atoms with Crippen molar-refractivity contribution in [1.82, 2.24) is 0 Å². The molecule has 2 unspecified atom stereocenters. The van der Waals surface area contributed by atoms with Gasteiger partial charge in [-0.15, -0.1) is 0 Å². The van der Waals surface area contributed by atoms with Gasteiger partial charge in [0.05, 0.1) is 0 Å². The average Bonchev–Trinajstić information content (AvgIpc) is 2.15. The highest BCUT2D eigenvalue weighted by Crippen LogP contribution is 2.25. The van der Waals surface area contributed by atoms with E-state index in [2.05, 4.69) is 27.7 Å². The average molecular weight is 198 g/mol. The van der Waals surface area contributed by atoms with Crippen molar-refractivity contribution in [2.24, 2.45) is 5.92 Å². The van der Waals surface area contributed by atoms with Crippen LogP contribution in [-0.2, 0) is 9.31 Å². The van der Waals surface area contributed by atoms with Crippen molar-refractivity contribution in [3.63, 3.8) is 0 Å². The van der Waals surface area contributed by atoms with Gasteiger partial charge in [0.2, 0.25) is 0 Å². The Bertz CT molecular complexity index is 161. The molecule has 0 bridgehead atoms. The largest absolute Gasteiger partial charge is 0.459 e. The molecule has 0 spiro atoms. The van der Waals surface area contributed by atoms with Crippen LogP contribution in [0.5, 0.6) is 0 Å². The second-order valence-corrected chi connectivity index (χ2v) is 4.69. The molecule has 1 aliphatic heterocycles. The standard InChI is InChI=1S/C11H23BO2/c1-5-6-7-11-8-13-12(9(2)3)14-10(11)4/h9-11H,5-8H2,1-4H3. The van der Waals surface area contributed by atoms with E-state index in [9.17, 15) is 0 Å². The van der Waals surface area contributed by atoms with Gasteiger partial charge in [-0.1, -0.05) is 33.6 Å². The van der Waals surface area contributed by atoms with Crippen LogP contribution in [-0.4, -0.2) is 19.8 Å². The van der Waals surface area contributed by atoms with Gasteiger partial charge in [-0.05, 0) is 19.2 Å². The van der Waals surface area contributed by atoms with E-state index in [1.165, 1.54) is 19.3 Å². The maximum atomic E-state index is 5.84. The van der Waals surface area contributed by atoms with Gasteiger partial charge >= 0.3 is 7.12 Å². The molecule has 1 rings (SSSR count). The molecular weight excluding hydrogens is 175 g/mol. The Morgan fingerprint density at radius 1 is 1.43 bits per heavy atom. The number of unbranched alkanes of at least 4 members (excludes halogenated alkanes) is 1. The zero-order valence-corrected chi connectivity index (χ0v) is 9.95. The zero-order valence-electron chi connectivity index (χ0n) is 9.95. The normalized spacial score (nSPS) is 28.5. The van der Waals surface area contributed by atoms with E-state index in [0.29, 0.717) is 17.8 Å². The van der Waals surface area contributed by atoms with Crippen LogP contribution in [0.15, 0.2) is 0 Å². The Morgan fingerprint density at radius 3 is 2.64 bits per heavy atom. The summed E-state index contributed by atoms with van der Waals surface area (Å²) in [6.07, 6.45) is 4.15. The summed E-state index contributed by atoms with van der Waals surface area (Å²) in [6.45, 7) is 9.57. The molecule has 82 valence electrons. The molecule has 0 aliphatic carbocycles. The third-order valence-corrected chi connectivity index (χ3v) is 2.96. The van der Waals surface area contributed by atoms with Crippen molar-refractivity contribution in [2.75, 3.05) is 6.61 Å². The highest BCUT2D eigenvalue weighted by molar-refractivity contribution is 6.46. The van der Waals surface area contributed by atoms with E-state index in [0.717, 1.165) is 6.61 Å². The van der Waals surface area contributed by atoms with E-state index in [-0.39, 0.29) is 7.12 Å². The fourth-order valence-electron chi connectivity index (χ4n) is 1.85. The van der Waals surface area contributed by atoms with E-state index in [4.69, 9.17) is 9.31 Å². The molecule has 3 heteroatoms. The number of rotatable bonds is 4. The molecule has 1 fully saturated rings. The molecule has 0 aromatic rings. The Hall–Kier alpha value is -0.0151. The Kier molecular flexibility index (Phi) is 4.97. The third-order valence-electron chi connectivity index (χ3n) is 2.96. The maximum Gasteiger partial charge on any atom is 0.459 e. The van der Waals surface area contributed by atoms with Gasteiger partial charge in [-0.25, -0.2) is 0 Å². The molecule has 2 atom stereocenters. The lowest BCUT2D eigenvalue weighted by molar-refractivity contribution is 0.0152. The van der Waals surface area contributed by atoms with E-state index in [1.807, 2.05) is 0 Å². The summed E-state index contributed by atoms with van der Waals surface area (Å²) >= 11 is 0. The first-order chi connectivity index (χ1) is 6.65. The minimum Gasteiger partial charge on any atom is -0.411 e. The summed E-state index contributed by atoms with van der Waals surface area (Å²) in [5.74, 6) is 1.06. The quantitative estimate of drug-likeness (QED) is 0.646. The van der Waals surface area contributed by atoms with Gasteiger partial charge in [0.15, 0.2) is 0 Å². The summed E-state index contributed by atoms with van der Waals surface area (Å²) in [5.41, 5.74) is 0. The topological polar surface area (TPSA) is 18.5 Å². The van der Waals surface area contributed by atoms with Crippen LogP contribution in [0, 0.1) is 5.92 Å². The lowest BCUT2D eigenvalue weighted by Gasteiger charge is -2.34. The van der Waals surface area contributed by atoms with Crippen molar-refractivity contribution >= 4 is 7.12 Å². The van der Waals surface area contributed by atoms with E-state index in [1.54, 1.807) is 0 Å². The number of hydrogen-bond donors (Lipinski definition) is 0. The predicted molar refractivity (Wildman–Crippen MR) is 60.4 cm³/mol. The summed E-state index contributed by atoms with van der Waals surface area (Å²) in [5, 5.41) is 0. The first-order valence-electron chi connectivity index (χ1n) is 5.92. The smallest absolute Gasteiger partial charge is 0.411 e. The molecule has 1 aliphatic rings. The zero-order chi connectivity index (χ0) is 10.6. The first-order valence-corrected chi connectivity index (χ1v) is 5.92. The molecule has 0 radical (unpaired) electrons. The van der Waals surface area contributed by atoms with Crippen molar-refractivity contribution in [1.29, 1.82) is 0 Å². The molecular formula is C11H23BO2. The van der Waals surface area contributed by atoms with Crippen molar-refractivity contribution in [3.8, 4) is 0 Å². The fourth-order valence-corrected chi connectivity index (χ4v) is 1.85. The van der Waals surface area contributed by atoms with Crippen molar-refractivity contribution in [3.05, 3.63) is 0 Å². The van der Waals surface area contributed by atoms with Crippen molar-refractivity contribution < 1.29 is 9.31 Å². The first kappa shape index (κ1) is 12.1. The van der Waals surface area contributed by atoms with Crippen LogP contribution >= 0.6 is 0 Å². The Balaban J connectivity index is 2.32. The lowest BCUT2D eigenvalue weighted by Crippen LogP contribution is -2.42. The minimum atomic E-state index is 0.0166. The Labute approximate surface area is 88.5 Å². The highest BCUT2D eigenvalue weighted by Gasteiger charge is 2.34. The molecule has 0 saturated carbocycles. The van der Waals surface area contributed by atoms with Gasteiger partial charge in [0.1, 0.15) is 0 Å². The van der Waals surface area contributed by atoms with Crippen LogP contribution < -0.4 is 0 Å². The van der Waals surface area contributed by atoms with Crippen LogP contribution in [0.2, 0.25) is 5.82 Å². The molecule has 2 nitrogen and oxygen atoms in total. The third kappa shape index (κ3) is 3.28. The van der Waals surface area contributed by atoms with Crippen LogP contribution in [0.1, 0.15) is 47.0 Å².